The average molecular weight is 427 g/mol. The Bertz CT molecular complexity index is 1340. The van der Waals surface area contributed by atoms with Crippen molar-refractivity contribution in [2.75, 3.05) is 0 Å². The van der Waals surface area contributed by atoms with Gasteiger partial charge in [0.05, 0.1) is 0 Å². The largest absolute Gasteiger partial charge is 0.488 e. The van der Waals surface area contributed by atoms with Gasteiger partial charge < -0.3 is 9.15 Å². The van der Waals surface area contributed by atoms with E-state index < -0.39 is 0 Å². The van der Waals surface area contributed by atoms with Gasteiger partial charge >= 0.3 is 5.63 Å². The number of hydrogen-bond donors (Lipinski definition) is 0. The van der Waals surface area contributed by atoms with E-state index in [9.17, 15) is 4.79 Å². The van der Waals surface area contributed by atoms with Gasteiger partial charge in [0, 0.05) is 22.9 Å². The number of aryl methyl sites for hydroxylation is 4. The fraction of sp³-hybridized carbons (Fsp3) is 0.276. The van der Waals surface area contributed by atoms with E-state index >= 15 is 0 Å². The van der Waals surface area contributed by atoms with Gasteiger partial charge in [0.25, 0.3) is 0 Å². The molecule has 0 saturated carbocycles. The maximum Gasteiger partial charge on any atom is 0.340 e. The fourth-order valence-electron chi connectivity index (χ4n) is 4.40. The molecule has 3 nitrogen and oxygen atoms in total. The van der Waals surface area contributed by atoms with Gasteiger partial charge in [-0.2, -0.15) is 0 Å². The predicted octanol–water partition coefficient (Wildman–Crippen LogP) is 6.81. The van der Waals surface area contributed by atoms with Crippen LogP contribution in [0.5, 0.6) is 5.75 Å². The zero-order chi connectivity index (χ0) is 23.0. The summed E-state index contributed by atoms with van der Waals surface area (Å²) in [6.07, 6.45) is 0.563. The molecule has 0 radical (unpaired) electrons. The normalized spacial score (nSPS) is 11.2. The first-order valence-electron chi connectivity index (χ1n) is 11.1. The van der Waals surface area contributed by atoms with Gasteiger partial charge in [-0.1, -0.05) is 36.4 Å². The molecule has 4 aromatic rings. The standard InChI is InChI=1S/C29H30O3/c1-17-14-18(2)20(4)26(19(17)3)16-31-27-13-12-24-21(5)25(15-23-10-8-7-9-11-23)29(30)32-28(24)22(27)6/h7-14H,15-16H2,1-6H3. The summed E-state index contributed by atoms with van der Waals surface area (Å²) in [5, 5.41) is 0.958. The summed E-state index contributed by atoms with van der Waals surface area (Å²) in [7, 11) is 0. The third kappa shape index (κ3) is 3.95. The Labute approximate surface area is 189 Å². The summed E-state index contributed by atoms with van der Waals surface area (Å²) in [6.45, 7) is 13.0. The number of ether oxygens (including phenoxy) is 1. The van der Waals surface area contributed by atoms with Crippen molar-refractivity contribution in [3.05, 3.63) is 109 Å². The third-order valence-corrected chi connectivity index (χ3v) is 6.77. The second-order valence-electron chi connectivity index (χ2n) is 8.75. The molecule has 1 heterocycles. The molecule has 0 unspecified atom stereocenters. The molecular weight excluding hydrogens is 396 g/mol. The molecule has 0 N–H and O–H groups in total. The molecule has 32 heavy (non-hydrogen) atoms. The second-order valence-corrected chi connectivity index (χ2v) is 8.75. The van der Waals surface area contributed by atoms with E-state index in [4.69, 9.17) is 9.15 Å². The molecule has 4 rings (SSSR count). The minimum atomic E-state index is -0.278. The van der Waals surface area contributed by atoms with E-state index in [-0.39, 0.29) is 5.63 Å². The first kappa shape index (κ1) is 21.9. The zero-order valence-corrected chi connectivity index (χ0v) is 19.8. The Kier molecular flexibility index (Phi) is 5.92. The Balaban J connectivity index is 1.70. The van der Waals surface area contributed by atoms with Crippen LogP contribution < -0.4 is 10.4 Å². The molecule has 0 aliphatic heterocycles. The molecule has 164 valence electrons. The highest BCUT2D eigenvalue weighted by atomic mass is 16.5. The van der Waals surface area contributed by atoms with Crippen LogP contribution in [0.15, 0.2) is 57.7 Å². The molecule has 1 aromatic heterocycles. The summed E-state index contributed by atoms with van der Waals surface area (Å²) < 4.78 is 12.1. The lowest BCUT2D eigenvalue weighted by Gasteiger charge is -2.17. The Morgan fingerprint density at radius 3 is 2.06 bits per heavy atom. The van der Waals surface area contributed by atoms with Crippen LogP contribution >= 0.6 is 0 Å². The molecular formula is C29H30O3. The molecule has 0 aliphatic rings. The van der Waals surface area contributed by atoms with Crippen LogP contribution in [-0.2, 0) is 13.0 Å². The van der Waals surface area contributed by atoms with Crippen molar-refractivity contribution in [2.45, 2.75) is 54.6 Å². The van der Waals surface area contributed by atoms with Crippen molar-refractivity contribution < 1.29 is 9.15 Å². The lowest BCUT2D eigenvalue weighted by molar-refractivity contribution is 0.302. The third-order valence-electron chi connectivity index (χ3n) is 6.77. The van der Waals surface area contributed by atoms with E-state index in [1.165, 1.54) is 27.8 Å². The van der Waals surface area contributed by atoms with E-state index in [0.717, 1.165) is 27.8 Å². The highest BCUT2D eigenvalue weighted by Gasteiger charge is 2.16. The van der Waals surface area contributed by atoms with Gasteiger partial charge in [-0.3, -0.25) is 0 Å². The lowest BCUT2D eigenvalue weighted by atomic mass is 9.95. The van der Waals surface area contributed by atoms with E-state index in [0.29, 0.717) is 24.2 Å². The van der Waals surface area contributed by atoms with Crippen LogP contribution in [0.4, 0.5) is 0 Å². The number of benzene rings is 3. The average Bonchev–Trinajstić information content (AvgIpc) is 2.78. The molecule has 0 atom stereocenters. The van der Waals surface area contributed by atoms with Crippen molar-refractivity contribution in [1.29, 1.82) is 0 Å². The number of rotatable bonds is 5. The molecule has 0 bridgehead atoms. The Morgan fingerprint density at radius 1 is 0.750 bits per heavy atom. The maximum atomic E-state index is 12.9. The summed E-state index contributed by atoms with van der Waals surface area (Å²) in [6, 6.07) is 16.2. The van der Waals surface area contributed by atoms with Crippen molar-refractivity contribution in [1.82, 2.24) is 0 Å². The zero-order valence-electron chi connectivity index (χ0n) is 19.8. The Morgan fingerprint density at radius 2 is 1.41 bits per heavy atom. The lowest BCUT2D eigenvalue weighted by Crippen LogP contribution is -2.11. The van der Waals surface area contributed by atoms with Gasteiger partial charge in [0.1, 0.15) is 17.9 Å². The van der Waals surface area contributed by atoms with Crippen LogP contribution in [-0.4, -0.2) is 0 Å². The minimum Gasteiger partial charge on any atom is -0.488 e. The molecule has 3 heteroatoms. The summed E-state index contributed by atoms with van der Waals surface area (Å²) in [5.41, 5.74) is 10.2. The van der Waals surface area contributed by atoms with Crippen molar-refractivity contribution in [3.8, 4) is 5.75 Å². The minimum absolute atomic E-state index is 0.278. The molecule has 0 amide bonds. The summed E-state index contributed by atoms with van der Waals surface area (Å²) in [4.78, 5) is 12.9. The number of hydrogen-bond acceptors (Lipinski definition) is 3. The van der Waals surface area contributed by atoms with E-state index in [1.807, 2.05) is 56.3 Å². The maximum absolute atomic E-state index is 12.9. The first-order chi connectivity index (χ1) is 15.3. The second kappa shape index (κ2) is 8.66. The molecule has 0 aliphatic carbocycles. The molecule has 0 spiro atoms. The van der Waals surface area contributed by atoms with E-state index in [1.54, 1.807) is 0 Å². The molecule has 3 aromatic carbocycles. The van der Waals surface area contributed by atoms with Crippen molar-refractivity contribution in [2.24, 2.45) is 0 Å². The summed E-state index contributed by atoms with van der Waals surface area (Å²) >= 11 is 0. The van der Waals surface area contributed by atoms with Gasteiger partial charge in [-0.05, 0) is 92.6 Å². The monoisotopic (exact) mass is 426 g/mol. The highest BCUT2D eigenvalue weighted by molar-refractivity contribution is 5.85. The topological polar surface area (TPSA) is 39.4 Å². The number of fused-ring (bicyclic) bond motifs is 1. The molecule has 0 saturated heterocycles. The van der Waals surface area contributed by atoms with Gasteiger partial charge in [-0.15, -0.1) is 0 Å². The van der Waals surface area contributed by atoms with Crippen LogP contribution in [0, 0.1) is 41.5 Å². The predicted molar refractivity (Wildman–Crippen MR) is 131 cm³/mol. The van der Waals surface area contributed by atoms with E-state index in [2.05, 4.69) is 33.8 Å². The van der Waals surface area contributed by atoms with Crippen LogP contribution in [0.25, 0.3) is 11.0 Å². The highest BCUT2D eigenvalue weighted by Crippen LogP contribution is 2.31. The van der Waals surface area contributed by atoms with Gasteiger partial charge in [0.2, 0.25) is 0 Å². The van der Waals surface area contributed by atoms with Crippen LogP contribution in [0.3, 0.4) is 0 Å². The first-order valence-corrected chi connectivity index (χ1v) is 11.1. The van der Waals surface area contributed by atoms with Gasteiger partial charge in [-0.25, -0.2) is 4.79 Å². The smallest absolute Gasteiger partial charge is 0.340 e. The summed E-state index contributed by atoms with van der Waals surface area (Å²) in [5.74, 6) is 0.744. The van der Waals surface area contributed by atoms with Crippen LogP contribution in [0.1, 0.15) is 50.1 Å². The van der Waals surface area contributed by atoms with Crippen molar-refractivity contribution >= 4 is 11.0 Å². The quantitative estimate of drug-likeness (QED) is 0.329. The Hall–Kier alpha value is -3.33. The van der Waals surface area contributed by atoms with Gasteiger partial charge in [0.15, 0.2) is 0 Å². The SMILES string of the molecule is Cc1cc(C)c(C)c(COc2ccc3c(C)c(Cc4ccccc4)c(=O)oc3c2C)c1C. The fourth-order valence-corrected chi connectivity index (χ4v) is 4.40. The van der Waals surface area contributed by atoms with Crippen molar-refractivity contribution in [3.63, 3.8) is 0 Å². The van der Waals surface area contributed by atoms with Crippen LogP contribution in [0.2, 0.25) is 0 Å². The molecule has 0 fully saturated rings.